The van der Waals surface area contributed by atoms with Crippen LogP contribution >= 0.6 is 0 Å². The second-order valence-electron chi connectivity index (χ2n) is 6.76. The van der Waals surface area contributed by atoms with Crippen LogP contribution in [-0.2, 0) is 16.8 Å². The topological polar surface area (TPSA) is 75.4 Å². The number of aromatic nitrogens is 1. The number of nitrogens with one attached hydrogen (secondary N) is 1. The Balaban J connectivity index is 1.63. The molecule has 2 N–H and O–H groups in total. The zero-order valence-electron chi connectivity index (χ0n) is 15.5. The van der Waals surface area contributed by atoms with Gasteiger partial charge in [0.2, 0.25) is 11.8 Å². The van der Waals surface area contributed by atoms with Crippen molar-refractivity contribution in [3.05, 3.63) is 77.2 Å². The third kappa shape index (κ3) is 4.61. The van der Waals surface area contributed by atoms with Gasteiger partial charge in [-0.2, -0.15) is 0 Å². The first-order valence-electron chi connectivity index (χ1n) is 8.72. The monoisotopic (exact) mass is 386 g/mol. The second-order valence-corrected chi connectivity index (χ2v) is 6.76. The third-order valence-electron chi connectivity index (χ3n) is 4.41. The molecule has 0 aliphatic rings. The normalized spacial score (nSPS) is 13.2. The molecule has 0 aliphatic heterocycles. The lowest BCUT2D eigenvalue weighted by Crippen LogP contribution is -2.39. The molecule has 1 amide bonds. The van der Waals surface area contributed by atoms with Gasteiger partial charge >= 0.3 is 0 Å². The van der Waals surface area contributed by atoms with Crippen LogP contribution in [0.25, 0.3) is 11.5 Å². The molecule has 0 spiro atoms. The molecule has 3 aromatic rings. The average molecular weight is 386 g/mol. The van der Waals surface area contributed by atoms with Gasteiger partial charge in [0.05, 0.1) is 18.7 Å². The summed E-state index contributed by atoms with van der Waals surface area (Å²) in [6.45, 7) is 3.19. The predicted octanol–water partition coefficient (Wildman–Crippen LogP) is 3.49. The fraction of sp³-hybridized carbons (Fsp3) is 0.238. The summed E-state index contributed by atoms with van der Waals surface area (Å²) in [4.78, 5) is 16.6. The Morgan fingerprint density at radius 1 is 1.11 bits per heavy atom. The van der Waals surface area contributed by atoms with E-state index in [-0.39, 0.29) is 24.7 Å². The van der Waals surface area contributed by atoms with Gasteiger partial charge in [0.1, 0.15) is 23.0 Å². The molecule has 0 aliphatic carbocycles. The number of benzene rings is 2. The van der Waals surface area contributed by atoms with E-state index in [9.17, 15) is 18.7 Å². The van der Waals surface area contributed by atoms with Crippen molar-refractivity contribution in [2.75, 3.05) is 6.54 Å². The number of hydrogen-bond acceptors (Lipinski definition) is 4. The fourth-order valence-electron chi connectivity index (χ4n) is 2.70. The number of oxazole rings is 1. The Morgan fingerprint density at radius 2 is 1.68 bits per heavy atom. The highest BCUT2D eigenvalue weighted by Crippen LogP contribution is 2.23. The van der Waals surface area contributed by atoms with E-state index in [4.69, 9.17) is 4.42 Å². The van der Waals surface area contributed by atoms with E-state index in [1.807, 2.05) is 0 Å². The Bertz CT molecular complexity index is 964. The predicted molar refractivity (Wildman–Crippen MR) is 99.3 cm³/mol. The maximum Gasteiger partial charge on any atom is 0.226 e. The van der Waals surface area contributed by atoms with Crippen molar-refractivity contribution < 1.29 is 23.1 Å². The zero-order chi connectivity index (χ0) is 20.3. The number of nitrogens with zero attached hydrogens (tertiary/aromatic N) is 1. The minimum absolute atomic E-state index is 0.0317. The van der Waals surface area contributed by atoms with Crippen molar-refractivity contribution in [2.24, 2.45) is 0 Å². The summed E-state index contributed by atoms with van der Waals surface area (Å²) in [7, 11) is 0. The van der Waals surface area contributed by atoms with Gasteiger partial charge in [0, 0.05) is 5.56 Å². The van der Waals surface area contributed by atoms with Crippen LogP contribution in [0.2, 0.25) is 0 Å². The number of aryl methyl sites for hydroxylation is 1. The maximum atomic E-state index is 13.0. The van der Waals surface area contributed by atoms with E-state index in [2.05, 4.69) is 10.3 Å². The summed E-state index contributed by atoms with van der Waals surface area (Å²) >= 11 is 0. The molecule has 1 unspecified atom stereocenters. The smallest absolute Gasteiger partial charge is 0.226 e. The quantitative estimate of drug-likeness (QED) is 0.680. The minimum atomic E-state index is -1.35. The van der Waals surface area contributed by atoms with Gasteiger partial charge in [-0.3, -0.25) is 4.79 Å². The van der Waals surface area contributed by atoms with Crippen molar-refractivity contribution in [1.82, 2.24) is 10.3 Å². The zero-order valence-corrected chi connectivity index (χ0v) is 15.5. The highest BCUT2D eigenvalue weighted by molar-refractivity contribution is 5.78. The van der Waals surface area contributed by atoms with Gasteiger partial charge in [0.25, 0.3) is 0 Å². The van der Waals surface area contributed by atoms with Crippen LogP contribution in [0.15, 0.2) is 52.9 Å². The van der Waals surface area contributed by atoms with Crippen LogP contribution in [0, 0.1) is 18.6 Å². The van der Waals surface area contributed by atoms with Crippen LogP contribution in [0.5, 0.6) is 0 Å². The SMILES string of the molecule is Cc1oc(-c2ccc(F)cc2)nc1CC(=O)NCC(C)(O)c1ccc(F)cc1. The summed E-state index contributed by atoms with van der Waals surface area (Å²) < 4.78 is 31.6. The lowest BCUT2D eigenvalue weighted by molar-refractivity contribution is -0.121. The van der Waals surface area contributed by atoms with E-state index in [1.54, 1.807) is 19.1 Å². The number of carbonyl (C=O) groups excluding carboxylic acids is 1. The Kier molecular flexibility index (Phi) is 5.56. The van der Waals surface area contributed by atoms with Crippen molar-refractivity contribution in [2.45, 2.75) is 25.9 Å². The number of rotatable bonds is 6. The molecule has 146 valence electrons. The number of carbonyl (C=O) groups is 1. The first-order valence-corrected chi connectivity index (χ1v) is 8.72. The molecule has 28 heavy (non-hydrogen) atoms. The third-order valence-corrected chi connectivity index (χ3v) is 4.41. The van der Waals surface area contributed by atoms with Crippen LogP contribution < -0.4 is 5.32 Å². The van der Waals surface area contributed by atoms with Gasteiger partial charge in [-0.25, -0.2) is 13.8 Å². The Labute approximate surface area is 161 Å². The van der Waals surface area contributed by atoms with E-state index in [1.165, 1.54) is 43.3 Å². The molecule has 1 aromatic heterocycles. The Morgan fingerprint density at radius 3 is 2.29 bits per heavy atom. The van der Waals surface area contributed by atoms with Gasteiger partial charge < -0.3 is 14.8 Å². The van der Waals surface area contributed by atoms with E-state index in [0.29, 0.717) is 28.5 Å². The largest absolute Gasteiger partial charge is 0.441 e. The second kappa shape index (κ2) is 7.90. The van der Waals surface area contributed by atoms with Crippen molar-refractivity contribution in [1.29, 1.82) is 0 Å². The summed E-state index contributed by atoms with van der Waals surface area (Å²) in [5.41, 5.74) is 0.209. The maximum absolute atomic E-state index is 13.0. The van der Waals surface area contributed by atoms with Crippen LogP contribution in [0.1, 0.15) is 23.9 Å². The van der Waals surface area contributed by atoms with Gasteiger partial charge in [-0.1, -0.05) is 12.1 Å². The molecule has 0 bridgehead atoms. The molecule has 0 radical (unpaired) electrons. The molecule has 0 saturated heterocycles. The summed E-state index contributed by atoms with van der Waals surface area (Å²) in [6, 6.07) is 11.1. The number of halogens is 2. The molecule has 1 atom stereocenters. The molecule has 0 fully saturated rings. The highest BCUT2D eigenvalue weighted by Gasteiger charge is 2.24. The molecule has 2 aromatic carbocycles. The molecule has 7 heteroatoms. The van der Waals surface area contributed by atoms with Gasteiger partial charge in [-0.15, -0.1) is 0 Å². The molecular weight excluding hydrogens is 366 g/mol. The fourth-order valence-corrected chi connectivity index (χ4v) is 2.70. The van der Waals surface area contributed by atoms with Crippen LogP contribution in [0.3, 0.4) is 0 Å². The van der Waals surface area contributed by atoms with Crippen LogP contribution in [0.4, 0.5) is 8.78 Å². The summed E-state index contributed by atoms with van der Waals surface area (Å²) in [5.74, 6) is -0.315. The lowest BCUT2D eigenvalue weighted by Gasteiger charge is -2.24. The Hall–Kier alpha value is -3.06. The molecular formula is C21H20F2N2O3. The van der Waals surface area contributed by atoms with Crippen LogP contribution in [-0.4, -0.2) is 22.5 Å². The van der Waals surface area contributed by atoms with Crippen molar-refractivity contribution >= 4 is 5.91 Å². The first kappa shape index (κ1) is 19.7. The van der Waals surface area contributed by atoms with Gasteiger partial charge in [-0.05, 0) is 55.8 Å². The summed E-state index contributed by atoms with van der Waals surface area (Å²) in [5, 5.41) is 13.2. The minimum Gasteiger partial charge on any atom is -0.441 e. The highest BCUT2D eigenvalue weighted by atomic mass is 19.1. The van der Waals surface area contributed by atoms with E-state index < -0.39 is 11.4 Å². The van der Waals surface area contributed by atoms with Gasteiger partial charge in [0.15, 0.2) is 0 Å². The van der Waals surface area contributed by atoms with E-state index >= 15 is 0 Å². The summed E-state index contributed by atoms with van der Waals surface area (Å²) in [6.07, 6.45) is -0.0317. The molecule has 1 heterocycles. The lowest BCUT2D eigenvalue weighted by atomic mass is 9.96. The van der Waals surface area contributed by atoms with Crippen molar-refractivity contribution in [3.63, 3.8) is 0 Å². The number of hydrogen-bond donors (Lipinski definition) is 2. The average Bonchev–Trinajstić information content (AvgIpc) is 3.01. The number of amides is 1. The van der Waals surface area contributed by atoms with Crippen molar-refractivity contribution in [3.8, 4) is 11.5 Å². The molecule has 5 nitrogen and oxygen atoms in total. The van der Waals surface area contributed by atoms with E-state index in [0.717, 1.165) is 0 Å². The first-order chi connectivity index (χ1) is 13.2. The number of aliphatic hydroxyl groups is 1. The standard InChI is InChI=1S/C21H20F2N2O3/c1-13-18(25-20(28-13)14-3-7-16(22)8-4-14)11-19(26)24-12-21(2,27)15-5-9-17(23)10-6-15/h3-10,27H,11-12H2,1-2H3,(H,24,26). The molecule has 0 saturated carbocycles. The molecule has 3 rings (SSSR count).